The van der Waals surface area contributed by atoms with Crippen molar-refractivity contribution >= 4 is 17.2 Å². The average molecular weight is 212 g/mol. The van der Waals surface area contributed by atoms with Crippen molar-refractivity contribution in [3.63, 3.8) is 0 Å². The smallest absolute Gasteiger partial charge is 0.219 e. The number of amides is 1. The summed E-state index contributed by atoms with van der Waals surface area (Å²) in [4.78, 5) is 18.1. The molecule has 0 N–H and O–H groups in total. The normalized spacial score (nSPS) is 10.6. The molecule has 0 spiro atoms. The van der Waals surface area contributed by atoms with Crippen LogP contribution in [-0.2, 0) is 11.3 Å². The number of hydrogen-bond acceptors (Lipinski definition) is 3. The monoisotopic (exact) mass is 212 g/mol. The highest BCUT2D eigenvalue weighted by Crippen LogP contribution is 2.21. The molecular formula is C10H16N2OS. The molecule has 0 saturated carbocycles. The van der Waals surface area contributed by atoms with Gasteiger partial charge in [-0.2, -0.15) is 0 Å². The molecule has 0 unspecified atom stereocenters. The lowest BCUT2D eigenvalue weighted by atomic mass is 10.2. The predicted octanol–water partition coefficient (Wildman–Crippen LogP) is 2.24. The van der Waals surface area contributed by atoms with Gasteiger partial charge in [-0.3, -0.25) is 4.79 Å². The SMILES string of the molecule is CC(=O)N(C)Cc1cnc(C(C)C)s1. The Hall–Kier alpha value is -0.900. The van der Waals surface area contributed by atoms with Crippen LogP contribution in [0.25, 0.3) is 0 Å². The number of carbonyl (C=O) groups is 1. The van der Waals surface area contributed by atoms with Gasteiger partial charge in [0.2, 0.25) is 5.91 Å². The molecule has 1 heterocycles. The molecule has 0 fully saturated rings. The lowest BCUT2D eigenvalue weighted by Gasteiger charge is -2.12. The highest BCUT2D eigenvalue weighted by Gasteiger charge is 2.08. The summed E-state index contributed by atoms with van der Waals surface area (Å²) in [5.41, 5.74) is 0. The third kappa shape index (κ3) is 2.80. The molecule has 1 amide bonds. The molecule has 1 aromatic rings. The minimum atomic E-state index is 0.0875. The van der Waals surface area contributed by atoms with Gasteiger partial charge in [-0.1, -0.05) is 13.8 Å². The van der Waals surface area contributed by atoms with Gasteiger partial charge in [0.15, 0.2) is 0 Å². The van der Waals surface area contributed by atoms with Crippen molar-refractivity contribution in [3.8, 4) is 0 Å². The maximum absolute atomic E-state index is 11.0. The van der Waals surface area contributed by atoms with Crippen LogP contribution in [0.4, 0.5) is 0 Å². The van der Waals surface area contributed by atoms with E-state index < -0.39 is 0 Å². The topological polar surface area (TPSA) is 33.2 Å². The van der Waals surface area contributed by atoms with E-state index >= 15 is 0 Å². The number of hydrogen-bond donors (Lipinski definition) is 0. The van der Waals surface area contributed by atoms with Crippen LogP contribution in [0.5, 0.6) is 0 Å². The Labute approximate surface area is 88.8 Å². The van der Waals surface area contributed by atoms with E-state index in [9.17, 15) is 4.79 Å². The Kier molecular flexibility index (Phi) is 3.63. The maximum atomic E-state index is 11.0. The Morgan fingerprint density at radius 3 is 2.71 bits per heavy atom. The molecule has 1 aromatic heterocycles. The largest absolute Gasteiger partial charge is 0.341 e. The van der Waals surface area contributed by atoms with Crippen molar-refractivity contribution in [3.05, 3.63) is 16.1 Å². The number of rotatable bonds is 3. The standard InChI is InChI=1S/C10H16N2OS/c1-7(2)10-11-5-9(14-10)6-12(4)8(3)13/h5,7H,6H2,1-4H3. The van der Waals surface area contributed by atoms with E-state index in [0.717, 1.165) is 9.88 Å². The van der Waals surface area contributed by atoms with E-state index in [-0.39, 0.29) is 5.91 Å². The highest BCUT2D eigenvalue weighted by atomic mass is 32.1. The van der Waals surface area contributed by atoms with Crippen LogP contribution < -0.4 is 0 Å². The van der Waals surface area contributed by atoms with Gasteiger partial charge in [0.05, 0.1) is 11.6 Å². The summed E-state index contributed by atoms with van der Waals surface area (Å²) >= 11 is 1.68. The molecule has 0 saturated heterocycles. The molecule has 0 aliphatic heterocycles. The van der Waals surface area contributed by atoms with Crippen LogP contribution in [0.1, 0.15) is 36.6 Å². The summed E-state index contributed by atoms with van der Waals surface area (Å²) < 4.78 is 0. The van der Waals surface area contributed by atoms with Gasteiger partial charge in [0, 0.05) is 31.0 Å². The Bertz CT molecular complexity index is 320. The van der Waals surface area contributed by atoms with E-state index in [0.29, 0.717) is 12.5 Å². The first kappa shape index (κ1) is 11.2. The third-order valence-electron chi connectivity index (χ3n) is 2.00. The van der Waals surface area contributed by atoms with Gasteiger partial charge in [-0.25, -0.2) is 4.98 Å². The molecule has 0 radical (unpaired) electrons. The Morgan fingerprint density at radius 2 is 2.29 bits per heavy atom. The van der Waals surface area contributed by atoms with Gasteiger partial charge in [0.25, 0.3) is 0 Å². The van der Waals surface area contributed by atoms with Crippen molar-refractivity contribution < 1.29 is 4.79 Å². The molecular weight excluding hydrogens is 196 g/mol. The van der Waals surface area contributed by atoms with E-state index in [4.69, 9.17) is 0 Å². The molecule has 1 rings (SSSR count). The van der Waals surface area contributed by atoms with E-state index in [1.807, 2.05) is 6.20 Å². The predicted molar refractivity (Wildman–Crippen MR) is 58.4 cm³/mol. The molecule has 4 heteroatoms. The second-order valence-corrected chi connectivity index (χ2v) is 4.84. The maximum Gasteiger partial charge on any atom is 0.219 e. The average Bonchev–Trinajstić information content (AvgIpc) is 2.52. The second kappa shape index (κ2) is 4.55. The van der Waals surface area contributed by atoms with Gasteiger partial charge in [0.1, 0.15) is 0 Å². The van der Waals surface area contributed by atoms with Crippen LogP contribution in [0.2, 0.25) is 0 Å². The van der Waals surface area contributed by atoms with Crippen molar-refractivity contribution in [2.45, 2.75) is 33.2 Å². The number of carbonyl (C=O) groups excluding carboxylic acids is 1. The third-order valence-corrected chi connectivity index (χ3v) is 3.28. The van der Waals surface area contributed by atoms with Gasteiger partial charge >= 0.3 is 0 Å². The van der Waals surface area contributed by atoms with Crippen molar-refractivity contribution in [2.24, 2.45) is 0 Å². The zero-order valence-electron chi connectivity index (χ0n) is 9.07. The quantitative estimate of drug-likeness (QED) is 0.770. The summed E-state index contributed by atoms with van der Waals surface area (Å²) in [5, 5.41) is 1.14. The Morgan fingerprint density at radius 1 is 1.64 bits per heavy atom. The molecule has 0 atom stereocenters. The number of aromatic nitrogens is 1. The fourth-order valence-corrected chi connectivity index (χ4v) is 1.98. The summed E-state index contributed by atoms with van der Waals surface area (Å²) in [6.45, 7) is 6.48. The van der Waals surface area contributed by atoms with Crippen LogP contribution in [0, 0.1) is 0 Å². The molecule has 14 heavy (non-hydrogen) atoms. The minimum absolute atomic E-state index is 0.0875. The summed E-state index contributed by atoms with van der Waals surface area (Å²) in [5.74, 6) is 0.556. The molecule has 0 aliphatic carbocycles. The van der Waals surface area contributed by atoms with Crippen LogP contribution >= 0.6 is 11.3 Å². The lowest BCUT2D eigenvalue weighted by molar-refractivity contribution is -0.128. The van der Waals surface area contributed by atoms with Crippen LogP contribution in [0.15, 0.2) is 6.20 Å². The molecule has 3 nitrogen and oxygen atoms in total. The fourth-order valence-electron chi connectivity index (χ4n) is 1.01. The summed E-state index contributed by atoms with van der Waals surface area (Å²) in [6.07, 6.45) is 1.86. The van der Waals surface area contributed by atoms with Crippen molar-refractivity contribution in [2.75, 3.05) is 7.05 Å². The summed E-state index contributed by atoms with van der Waals surface area (Å²) in [6, 6.07) is 0. The number of nitrogens with zero attached hydrogens (tertiary/aromatic N) is 2. The first-order chi connectivity index (χ1) is 6.50. The van der Waals surface area contributed by atoms with Gasteiger partial charge in [-0.05, 0) is 0 Å². The first-order valence-electron chi connectivity index (χ1n) is 4.67. The molecule has 0 aromatic carbocycles. The van der Waals surface area contributed by atoms with E-state index in [1.165, 1.54) is 0 Å². The molecule has 0 aliphatic rings. The lowest BCUT2D eigenvalue weighted by Crippen LogP contribution is -2.22. The van der Waals surface area contributed by atoms with Crippen molar-refractivity contribution in [1.29, 1.82) is 0 Å². The highest BCUT2D eigenvalue weighted by molar-refractivity contribution is 7.11. The Balaban J connectivity index is 2.64. The van der Waals surface area contributed by atoms with Gasteiger partial charge < -0.3 is 4.90 Å². The van der Waals surface area contributed by atoms with Crippen LogP contribution in [-0.4, -0.2) is 22.8 Å². The minimum Gasteiger partial charge on any atom is -0.341 e. The van der Waals surface area contributed by atoms with Crippen molar-refractivity contribution in [1.82, 2.24) is 9.88 Å². The zero-order chi connectivity index (χ0) is 10.7. The first-order valence-corrected chi connectivity index (χ1v) is 5.48. The summed E-state index contributed by atoms with van der Waals surface area (Å²) in [7, 11) is 1.80. The van der Waals surface area contributed by atoms with Gasteiger partial charge in [-0.15, -0.1) is 11.3 Å². The van der Waals surface area contributed by atoms with E-state index in [1.54, 1.807) is 30.2 Å². The molecule has 78 valence electrons. The second-order valence-electron chi connectivity index (χ2n) is 3.69. The van der Waals surface area contributed by atoms with Crippen LogP contribution in [0.3, 0.4) is 0 Å². The molecule has 0 bridgehead atoms. The number of thiazole rings is 1. The zero-order valence-corrected chi connectivity index (χ0v) is 9.89. The fraction of sp³-hybridized carbons (Fsp3) is 0.600. The van der Waals surface area contributed by atoms with E-state index in [2.05, 4.69) is 18.8 Å².